The van der Waals surface area contributed by atoms with Crippen LogP contribution in [0.3, 0.4) is 0 Å². The fourth-order valence-electron chi connectivity index (χ4n) is 1.81. The van der Waals surface area contributed by atoms with Crippen molar-refractivity contribution in [2.75, 3.05) is 6.54 Å². The van der Waals surface area contributed by atoms with Crippen LogP contribution in [-0.2, 0) is 14.4 Å². The first-order valence-electron chi connectivity index (χ1n) is 6.19. The van der Waals surface area contributed by atoms with E-state index in [9.17, 15) is 14.4 Å². The number of carbonyl (C=O) groups is 3. The normalized spacial score (nSPS) is 13.9. The number of nitrogens with two attached hydrogens (primary N) is 1. The summed E-state index contributed by atoms with van der Waals surface area (Å²) in [5, 5.41) is 19.8. The van der Waals surface area contributed by atoms with Gasteiger partial charge in [-0.05, 0) is 18.3 Å². The Morgan fingerprint density at radius 3 is 2.05 bits per heavy atom. The highest BCUT2D eigenvalue weighted by Crippen LogP contribution is 2.14. The van der Waals surface area contributed by atoms with Gasteiger partial charge in [-0.2, -0.15) is 0 Å². The molecule has 7 nitrogen and oxygen atoms in total. The Balaban J connectivity index is 4.25. The second kappa shape index (κ2) is 8.47. The van der Waals surface area contributed by atoms with E-state index < -0.39 is 30.3 Å². The van der Waals surface area contributed by atoms with Crippen molar-refractivity contribution in [3.63, 3.8) is 0 Å². The lowest BCUT2D eigenvalue weighted by atomic mass is 9.94. The second-order valence-electron chi connectivity index (χ2n) is 5.04. The van der Waals surface area contributed by atoms with Gasteiger partial charge in [-0.15, -0.1) is 0 Å². The predicted molar refractivity (Wildman–Crippen MR) is 68.4 cm³/mol. The number of hydrogen-bond acceptors (Lipinski definition) is 4. The largest absolute Gasteiger partial charge is 0.481 e. The van der Waals surface area contributed by atoms with Crippen molar-refractivity contribution in [2.24, 2.45) is 17.6 Å². The number of carboxylic acids is 2. The van der Waals surface area contributed by atoms with Gasteiger partial charge in [0, 0.05) is 13.0 Å². The lowest BCUT2D eigenvalue weighted by Gasteiger charge is -2.19. The molecule has 0 aliphatic carbocycles. The van der Waals surface area contributed by atoms with E-state index in [1.807, 2.05) is 13.8 Å². The monoisotopic (exact) mass is 274 g/mol. The molecule has 2 atom stereocenters. The predicted octanol–water partition coefficient (Wildman–Crippen LogP) is 0.0416. The molecule has 0 aliphatic heterocycles. The molecule has 0 fully saturated rings. The van der Waals surface area contributed by atoms with Gasteiger partial charge in [-0.1, -0.05) is 13.8 Å². The molecule has 0 rings (SSSR count). The number of carboxylic acid groups (broad SMARTS) is 2. The van der Waals surface area contributed by atoms with Crippen LogP contribution in [-0.4, -0.2) is 40.6 Å². The van der Waals surface area contributed by atoms with Crippen LogP contribution in [0, 0.1) is 11.8 Å². The lowest BCUT2D eigenvalue weighted by Crippen LogP contribution is -2.43. The minimum Gasteiger partial charge on any atom is -0.481 e. The van der Waals surface area contributed by atoms with Crippen molar-refractivity contribution >= 4 is 17.8 Å². The van der Waals surface area contributed by atoms with Crippen molar-refractivity contribution in [1.29, 1.82) is 0 Å². The maximum Gasteiger partial charge on any atom is 0.305 e. The molecule has 1 amide bonds. The molecule has 0 heterocycles. The third-order valence-corrected chi connectivity index (χ3v) is 2.56. The van der Waals surface area contributed by atoms with Gasteiger partial charge in [-0.25, -0.2) is 0 Å². The van der Waals surface area contributed by atoms with Crippen molar-refractivity contribution in [1.82, 2.24) is 5.32 Å². The maximum absolute atomic E-state index is 11.5. The SMILES string of the molecule is CC(C)CC(CNC(=O)C(N)CC(=O)O)CC(=O)O. The quantitative estimate of drug-likeness (QED) is 0.469. The summed E-state index contributed by atoms with van der Waals surface area (Å²) in [7, 11) is 0. The van der Waals surface area contributed by atoms with Crippen LogP contribution < -0.4 is 11.1 Å². The standard InChI is InChI=1S/C12H22N2O5/c1-7(2)3-8(4-10(15)16)6-14-12(19)9(13)5-11(17)18/h7-9H,3-6,13H2,1-2H3,(H,14,19)(H,15,16)(H,17,18). The highest BCUT2D eigenvalue weighted by molar-refractivity contribution is 5.85. The number of hydrogen-bond donors (Lipinski definition) is 4. The van der Waals surface area contributed by atoms with Gasteiger partial charge in [-0.3, -0.25) is 14.4 Å². The summed E-state index contributed by atoms with van der Waals surface area (Å²) in [6.45, 7) is 4.12. The average molecular weight is 274 g/mol. The molecule has 0 saturated carbocycles. The van der Waals surface area contributed by atoms with Gasteiger partial charge in [0.05, 0.1) is 12.5 Å². The molecule has 0 aromatic rings. The van der Waals surface area contributed by atoms with Crippen molar-refractivity contribution in [3.05, 3.63) is 0 Å². The summed E-state index contributed by atoms with van der Waals surface area (Å²) in [6, 6.07) is -1.11. The minimum atomic E-state index is -1.15. The Kier molecular flexibility index (Phi) is 7.74. The van der Waals surface area contributed by atoms with E-state index in [-0.39, 0.29) is 18.9 Å². The van der Waals surface area contributed by atoms with Crippen LogP contribution in [0.15, 0.2) is 0 Å². The summed E-state index contributed by atoms with van der Waals surface area (Å²) < 4.78 is 0. The van der Waals surface area contributed by atoms with Crippen LogP contribution in [0.2, 0.25) is 0 Å². The minimum absolute atomic E-state index is 0.0351. The molecule has 7 heteroatoms. The van der Waals surface area contributed by atoms with Gasteiger partial charge in [0.1, 0.15) is 0 Å². The first-order chi connectivity index (χ1) is 8.72. The highest BCUT2D eigenvalue weighted by Gasteiger charge is 2.20. The van der Waals surface area contributed by atoms with Crippen molar-refractivity contribution in [3.8, 4) is 0 Å². The zero-order chi connectivity index (χ0) is 15.0. The summed E-state index contributed by atoms with van der Waals surface area (Å²) in [6.07, 6.45) is 0.187. The van der Waals surface area contributed by atoms with E-state index >= 15 is 0 Å². The molecule has 0 aliphatic rings. The first-order valence-corrected chi connectivity index (χ1v) is 6.19. The first kappa shape index (κ1) is 17.4. The number of rotatable bonds is 9. The fraction of sp³-hybridized carbons (Fsp3) is 0.750. The van der Waals surface area contributed by atoms with E-state index in [1.165, 1.54) is 0 Å². The smallest absolute Gasteiger partial charge is 0.305 e. The summed E-state index contributed by atoms with van der Waals surface area (Å²) >= 11 is 0. The number of aliphatic carboxylic acids is 2. The number of carbonyl (C=O) groups excluding carboxylic acids is 1. The Morgan fingerprint density at radius 1 is 1.11 bits per heavy atom. The average Bonchev–Trinajstić information content (AvgIpc) is 2.22. The summed E-state index contributed by atoms with van der Waals surface area (Å²) in [5.41, 5.74) is 5.40. The van der Waals surface area contributed by atoms with Gasteiger partial charge >= 0.3 is 11.9 Å². The summed E-state index contributed by atoms with van der Waals surface area (Å²) in [5.74, 6) is -2.50. The van der Waals surface area contributed by atoms with E-state index in [2.05, 4.69) is 5.32 Å². The van der Waals surface area contributed by atoms with Crippen LogP contribution in [0.25, 0.3) is 0 Å². The Hall–Kier alpha value is -1.63. The third-order valence-electron chi connectivity index (χ3n) is 2.56. The molecule has 0 spiro atoms. The molecule has 0 saturated heterocycles. The third kappa shape index (κ3) is 9.01. The molecule has 19 heavy (non-hydrogen) atoms. The molecule has 0 radical (unpaired) electrons. The Bertz CT molecular complexity index is 330. The van der Waals surface area contributed by atoms with E-state index in [1.54, 1.807) is 0 Å². The molecule has 0 aromatic carbocycles. The number of nitrogens with one attached hydrogen (secondary N) is 1. The number of amides is 1. The van der Waals surface area contributed by atoms with E-state index in [4.69, 9.17) is 15.9 Å². The molecule has 0 bridgehead atoms. The fourth-order valence-corrected chi connectivity index (χ4v) is 1.81. The summed E-state index contributed by atoms with van der Waals surface area (Å²) in [4.78, 5) is 32.6. The van der Waals surface area contributed by atoms with Gasteiger partial charge in [0.2, 0.25) is 5.91 Å². The molecule has 110 valence electrons. The lowest BCUT2D eigenvalue weighted by molar-refractivity contribution is -0.139. The highest BCUT2D eigenvalue weighted by atomic mass is 16.4. The Labute approximate surface area is 112 Å². The van der Waals surface area contributed by atoms with Gasteiger partial charge in [0.25, 0.3) is 0 Å². The van der Waals surface area contributed by atoms with Gasteiger partial charge in [0.15, 0.2) is 0 Å². The molecular weight excluding hydrogens is 252 g/mol. The van der Waals surface area contributed by atoms with Crippen LogP contribution >= 0.6 is 0 Å². The van der Waals surface area contributed by atoms with Crippen LogP contribution in [0.4, 0.5) is 0 Å². The van der Waals surface area contributed by atoms with Crippen LogP contribution in [0.1, 0.15) is 33.1 Å². The van der Waals surface area contributed by atoms with Gasteiger partial charge < -0.3 is 21.3 Å². The van der Waals surface area contributed by atoms with E-state index in [0.717, 1.165) is 0 Å². The molecular formula is C12H22N2O5. The van der Waals surface area contributed by atoms with E-state index in [0.29, 0.717) is 12.3 Å². The van der Waals surface area contributed by atoms with Crippen molar-refractivity contribution < 1.29 is 24.6 Å². The second-order valence-corrected chi connectivity index (χ2v) is 5.04. The molecule has 0 aromatic heterocycles. The Morgan fingerprint density at radius 2 is 1.63 bits per heavy atom. The topological polar surface area (TPSA) is 130 Å². The molecule has 5 N–H and O–H groups in total. The zero-order valence-corrected chi connectivity index (χ0v) is 11.3. The zero-order valence-electron chi connectivity index (χ0n) is 11.3. The van der Waals surface area contributed by atoms with Crippen LogP contribution in [0.5, 0.6) is 0 Å². The maximum atomic E-state index is 11.5. The van der Waals surface area contributed by atoms with Crippen molar-refractivity contribution in [2.45, 2.75) is 39.2 Å². The molecule has 2 unspecified atom stereocenters.